The first-order chi connectivity index (χ1) is 13.8. The monoisotopic (exact) mass is 398 g/mol. The van der Waals surface area contributed by atoms with Crippen LogP contribution in [0.25, 0.3) is 33.4 Å². The second kappa shape index (κ2) is 6.70. The maximum absolute atomic E-state index is 13.2. The second-order valence-electron chi connectivity index (χ2n) is 6.41. The summed E-state index contributed by atoms with van der Waals surface area (Å²) in [5, 5.41) is 19.7. The van der Waals surface area contributed by atoms with Crippen molar-refractivity contribution in [2.75, 3.05) is 0 Å². The Bertz CT molecular complexity index is 1260. The third-order valence-electron chi connectivity index (χ3n) is 4.50. The zero-order chi connectivity index (χ0) is 20.8. The van der Waals surface area contributed by atoms with Gasteiger partial charge in [-0.3, -0.25) is 4.79 Å². The lowest BCUT2D eigenvalue weighted by Crippen LogP contribution is -2.09. The second-order valence-corrected chi connectivity index (χ2v) is 6.41. The summed E-state index contributed by atoms with van der Waals surface area (Å²) in [6.07, 6.45) is -4.51. The molecule has 0 aliphatic rings. The van der Waals surface area contributed by atoms with Gasteiger partial charge in [-0.05, 0) is 17.7 Å². The van der Waals surface area contributed by atoms with Crippen LogP contribution in [0.2, 0.25) is 0 Å². The van der Waals surface area contributed by atoms with Crippen LogP contribution in [0.4, 0.5) is 13.2 Å². The minimum atomic E-state index is -4.51. The molecule has 4 rings (SSSR count). The van der Waals surface area contributed by atoms with Gasteiger partial charge >= 0.3 is 6.18 Å². The molecule has 0 atom stereocenters. The van der Waals surface area contributed by atoms with Crippen LogP contribution in [0, 0.1) is 0 Å². The summed E-state index contributed by atoms with van der Waals surface area (Å²) in [7, 11) is 0. The van der Waals surface area contributed by atoms with E-state index in [1.165, 1.54) is 18.2 Å². The standard InChI is InChI=1S/C22H13F3O4/c23-22(24,25)14-8-6-12(7-9-14)18-20(28)19-16(27)10-15(26)11-17(19)29-21(18)13-4-2-1-3-5-13/h1-11,26-27H. The maximum atomic E-state index is 13.2. The van der Waals surface area contributed by atoms with Crippen molar-refractivity contribution in [1.29, 1.82) is 0 Å². The predicted molar refractivity (Wildman–Crippen MR) is 102 cm³/mol. The van der Waals surface area contributed by atoms with Gasteiger partial charge in [-0.2, -0.15) is 13.2 Å². The van der Waals surface area contributed by atoms with Gasteiger partial charge in [0, 0.05) is 17.7 Å². The minimum absolute atomic E-state index is 0.0124. The smallest absolute Gasteiger partial charge is 0.416 e. The summed E-state index contributed by atoms with van der Waals surface area (Å²) in [6.45, 7) is 0. The third-order valence-corrected chi connectivity index (χ3v) is 4.50. The molecule has 4 nitrogen and oxygen atoms in total. The number of halogens is 3. The Labute approximate surface area is 162 Å². The van der Waals surface area contributed by atoms with Gasteiger partial charge in [-0.1, -0.05) is 42.5 Å². The molecule has 0 bridgehead atoms. The van der Waals surface area contributed by atoms with Crippen molar-refractivity contribution in [2.24, 2.45) is 0 Å². The van der Waals surface area contributed by atoms with E-state index >= 15 is 0 Å². The Morgan fingerprint density at radius 3 is 2.10 bits per heavy atom. The first kappa shape index (κ1) is 18.6. The van der Waals surface area contributed by atoms with Crippen molar-refractivity contribution in [2.45, 2.75) is 6.18 Å². The highest BCUT2D eigenvalue weighted by atomic mass is 19.4. The number of hydrogen-bond donors (Lipinski definition) is 2. The fourth-order valence-electron chi connectivity index (χ4n) is 3.17. The molecular weight excluding hydrogens is 385 g/mol. The van der Waals surface area contributed by atoms with Crippen molar-refractivity contribution < 1.29 is 27.8 Å². The molecule has 29 heavy (non-hydrogen) atoms. The van der Waals surface area contributed by atoms with Gasteiger partial charge in [0.25, 0.3) is 0 Å². The van der Waals surface area contributed by atoms with Gasteiger partial charge in [0.05, 0.1) is 11.1 Å². The van der Waals surface area contributed by atoms with Gasteiger partial charge in [-0.15, -0.1) is 0 Å². The number of rotatable bonds is 2. The van der Waals surface area contributed by atoms with Crippen LogP contribution in [0.3, 0.4) is 0 Å². The summed E-state index contributed by atoms with van der Waals surface area (Å²) >= 11 is 0. The van der Waals surface area contributed by atoms with Gasteiger partial charge in [0.2, 0.25) is 5.43 Å². The Balaban J connectivity index is 2.06. The summed E-state index contributed by atoms with van der Waals surface area (Å²) in [5.74, 6) is -0.658. The largest absolute Gasteiger partial charge is 0.508 e. The lowest BCUT2D eigenvalue weighted by atomic mass is 9.97. The number of phenols is 2. The molecule has 1 aromatic heterocycles. The fourth-order valence-corrected chi connectivity index (χ4v) is 3.17. The summed E-state index contributed by atoms with van der Waals surface area (Å²) in [6, 6.07) is 14.9. The number of benzene rings is 3. The van der Waals surface area contributed by atoms with E-state index < -0.39 is 22.9 Å². The third kappa shape index (κ3) is 3.31. The van der Waals surface area contributed by atoms with E-state index in [1.807, 2.05) is 0 Å². The van der Waals surface area contributed by atoms with Crippen molar-refractivity contribution in [3.8, 4) is 33.9 Å². The molecule has 1 heterocycles. The summed E-state index contributed by atoms with van der Waals surface area (Å²) in [5.41, 5.74) is -0.771. The zero-order valence-corrected chi connectivity index (χ0v) is 14.7. The lowest BCUT2D eigenvalue weighted by molar-refractivity contribution is -0.137. The maximum Gasteiger partial charge on any atom is 0.416 e. The predicted octanol–water partition coefficient (Wildman–Crippen LogP) is 5.56. The van der Waals surface area contributed by atoms with Crippen LogP contribution >= 0.6 is 0 Å². The highest BCUT2D eigenvalue weighted by molar-refractivity contribution is 5.92. The van der Waals surface area contributed by atoms with Crippen LogP contribution in [-0.2, 0) is 6.18 Å². The molecule has 3 aromatic carbocycles. The molecule has 0 spiro atoms. The van der Waals surface area contributed by atoms with Crippen molar-refractivity contribution in [1.82, 2.24) is 0 Å². The molecule has 0 fully saturated rings. The normalized spacial score (nSPS) is 11.7. The molecule has 0 radical (unpaired) electrons. The highest BCUT2D eigenvalue weighted by Gasteiger charge is 2.30. The Hall–Kier alpha value is -3.74. The SMILES string of the molecule is O=c1c(-c2ccc(C(F)(F)F)cc2)c(-c2ccccc2)oc2cc(O)cc(O)c12. The molecule has 146 valence electrons. The molecule has 0 saturated carbocycles. The molecule has 0 aliphatic carbocycles. The number of fused-ring (bicyclic) bond motifs is 1. The first-order valence-corrected chi connectivity index (χ1v) is 8.51. The van der Waals surface area contributed by atoms with E-state index in [4.69, 9.17) is 4.42 Å². The molecule has 2 N–H and O–H groups in total. The van der Waals surface area contributed by atoms with E-state index in [0.717, 1.165) is 18.2 Å². The van der Waals surface area contributed by atoms with E-state index in [2.05, 4.69) is 0 Å². The van der Waals surface area contributed by atoms with Crippen molar-refractivity contribution in [3.63, 3.8) is 0 Å². The van der Waals surface area contributed by atoms with Crippen LogP contribution in [0.5, 0.6) is 11.5 Å². The van der Waals surface area contributed by atoms with Crippen molar-refractivity contribution in [3.05, 3.63) is 82.5 Å². The highest BCUT2D eigenvalue weighted by Crippen LogP contribution is 2.37. The summed E-state index contributed by atoms with van der Waals surface area (Å²) in [4.78, 5) is 13.2. The van der Waals surface area contributed by atoms with E-state index in [1.54, 1.807) is 30.3 Å². The number of aromatic hydroxyl groups is 2. The zero-order valence-electron chi connectivity index (χ0n) is 14.7. The van der Waals surface area contributed by atoms with Gasteiger partial charge < -0.3 is 14.6 Å². The van der Waals surface area contributed by atoms with Crippen LogP contribution < -0.4 is 5.43 Å². The summed E-state index contributed by atoms with van der Waals surface area (Å²) < 4.78 is 44.6. The molecule has 0 amide bonds. The number of hydrogen-bond acceptors (Lipinski definition) is 4. The Morgan fingerprint density at radius 2 is 1.48 bits per heavy atom. The van der Waals surface area contributed by atoms with E-state index in [9.17, 15) is 28.2 Å². The van der Waals surface area contributed by atoms with Gasteiger partial charge in [-0.25, -0.2) is 0 Å². The topological polar surface area (TPSA) is 70.7 Å². The van der Waals surface area contributed by atoms with E-state index in [0.29, 0.717) is 5.56 Å². The van der Waals surface area contributed by atoms with Crippen LogP contribution in [0.15, 0.2) is 75.9 Å². The van der Waals surface area contributed by atoms with Crippen LogP contribution in [0.1, 0.15) is 5.56 Å². The average molecular weight is 398 g/mol. The van der Waals surface area contributed by atoms with Crippen molar-refractivity contribution >= 4 is 11.0 Å². The first-order valence-electron chi connectivity index (χ1n) is 8.51. The molecule has 0 unspecified atom stereocenters. The Morgan fingerprint density at radius 1 is 0.828 bits per heavy atom. The quantitative estimate of drug-likeness (QED) is 0.464. The van der Waals surface area contributed by atoms with Gasteiger partial charge in [0.1, 0.15) is 28.2 Å². The molecular formula is C22H13F3O4. The number of phenolic OH excluding ortho intramolecular Hbond substituents is 2. The van der Waals surface area contributed by atoms with Crippen LogP contribution in [-0.4, -0.2) is 10.2 Å². The minimum Gasteiger partial charge on any atom is -0.508 e. The Kier molecular flexibility index (Phi) is 4.30. The number of alkyl halides is 3. The molecule has 7 heteroatoms. The molecule has 4 aromatic rings. The fraction of sp³-hybridized carbons (Fsp3) is 0.0455. The molecule has 0 aliphatic heterocycles. The lowest BCUT2D eigenvalue weighted by Gasteiger charge is -2.13. The molecule has 0 saturated heterocycles. The average Bonchev–Trinajstić information content (AvgIpc) is 2.67. The van der Waals surface area contributed by atoms with Gasteiger partial charge in [0.15, 0.2) is 0 Å². The van der Waals surface area contributed by atoms with E-state index in [-0.39, 0.29) is 33.6 Å².